The van der Waals surface area contributed by atoms with Crippen LogP contribution in [0.15, 0.2) is 0 Å². The lowest BCUT2D eigenvalue weighted by molar-refractivity contribution is -0.181. The highest BCUT2D eigenvalue weighted by Crippen LogP contribution is 2.38. The van der Waals surface area contributed by atoms with Crippen LogP contribution in [0.1, 0.15) is 25.7 Å². The minimum Gasteiger partial charge on any atom is -0.171 e. The van der Waals surface area contributed by atoms with Gasteiger partial charge in [0.15, 0.2) is 0 Å². The second-order valence-electron chi connectivity index (χ2n) is 3.51. The first-order chi connectivity index (χ1) is 5.91. The third-order valence-corrected chi connectivity index (χ3v) is 4.83. The predicted octanol–water partition coefficient (Wildman–Crippen LogP) is 2.82. The topological polar surface area (TPSA) is 0 Å². The predicted molar refractivity (Wildman–Crippen MR) is 52.5 cm³/mol. The molecular weight excluding hydrogens is 217 g/mol. The minimum absolute atomic E-state index is 0.128. The van der Waals surface area contributed by atoms with E-state index in [1.807, 2.05) is 6.26 Å². The lowest BCUT2D eigenvalue weighted by Crippen LogP contribution is -2.30. The Labute approximate surface area is 83.5 Å². The zero-order chi connectivity index (χ0) is 10.1. The van der Waals surface area contributed by atoms with Crippen LogP contribution in [0.25, 0.3) is 0 Å². The first-order valence-electron chi connectivity index (χ1n) is 4.30. The van der Waals surface area contributed by atoms with E-state index in [1.165, 1.54) is 0 Å². The lowest BCUT2D eigenvalue weighted by Gasteiger charge is -2.29. The van der Waals surface area contributed by atoms with Crippen molar-refractivity contribution in [2.24, 2.45) is 5.92 Å². The number of alkyl halides is 3. The molecule has 0 heterocycles. The Morgan fingerprint density at radius 2 is 1.62 bits per heavy atom. The van der Waals surface area contributed by atoms with Crippen molar-refractivity contribution < 1.29 is 13.2 Å². The van der Waals surface area contributed by atoms with E-state index in [0.717, 1.165) is 0 Å². The van der Waals surface area contributed by atoms with E-state index in [1.54, 1.807) is 0 Å². The molecule has 0 aromatic rings. The molecule has 13 heavy (non-hydrogen) atoms. The molecule has 0 radical (unpaired) electrons. The van der Waals surface area contributed by atoms with Gasteiger partial charge < -0.3 is 0 Å². The molecule has 1 fully saturated rings. The summed E-state index contributed by atoms with van der Waals surface area (Å²) in [4.78, 5) is 0. The smallest absolute Gasteiger partial charge is 0.171 e. The monoisotopic (exact) mass is 230 g/mol. The van der Waals surface area contributed by atoms with Gasteiger partial charge in [-0.3, -0.25) is 0 Å². The average Bonchev–Trinajstić information content (AvgIpc) is 2.03. The van der Waals surface area contributed by atoms with Crippen molar-refractivity contribution in [3.8, 4) is 0 Å². The standard InChI is InChI=1S/C8H13F3S2/c1-13(12)7-4-2-6(3-5-7)8(9,10)11/h6-7H,2-5H2,1H3. The Bertz CT molecular complexity index is 192. The third-order valence-electron chi connectivity index (χ3n) is 2.61. The molecule has 1 unspecified atom stereocenters. The fraction of sp³-hybridized carbons (Fsp3) is 1.00. The van der Waals surface area contributed by atoms with Crippen LogP contribution in [-0.2, 0) is 20.6 Å². The summed E-state index contributed by atoms with van der Waals surface area (Å²) in [6.07, 6.45) is -0.169. The lowest BCUT2D eigenvalue weighted by atomic mass is 9.88. The third kappa shape index (κ3) is 3.20. The van der Waals surface area contributed by atoms with Gasteiger partial charge in [-0.25, -0.2) is 0 Å². The minimum atomic E-state index is -3.99. The molecule has 0 aliphatic heterocycles. The van der Waals surface area contributed by atoms with Crippen LogP contribution in [0.4, 0.5) is 13.2 Å². The molecule has 0 bridgehead atoms. The van der Waals surface area contributed by atoms with Crippen LogP contribution in [-0.4, -0.2) is 17.7 Å². The first kappa shape index (κ1) is 11.4. The summed E-state index contributed by atoms with van der Waals surface area (Å²) in [5.41, 5.74) is 0. The molecule has 0 spiro atoms. The van der Waals surface area contributed by atoms with Crippen molar-refractivity contribution in [2.75, 3.05) is 6.26 Å². The molecule has 0 nitrogen and oxygen atoms in total. The molecular formula is C8H13F3S2. The number of hydrogen-bond donors (Lipinski definition) is 0. The maximum atomic E-state index is 12.2. The largest absolute Gasteiger partial charge is 0.391 e. The second kappa shape index (κ2) is 4.26. The van der Waals surface area contributed by atoms with Crippen molar-refractivity contribution in [3.05, 3.63) is 0 Å². The van der Waals surface area contributed by atoms with Crippen molar-refractivity contribution in [3.63, 3.8) is 0 Å². The summed E-state index contributed by atoms with van der Waals surface area (Å²) >= 11 is 5.08. The molecule has 5 heteroatoms. The van der Waals surface area contributed by atoms with E-state index in [4.69, 9.17) is 11.2 Å². The van der Waals surface area contributed by atoms with Crippen LogP contribution < -0.4 is 0 Å². The SMILES string of the molecule is CS(=S)C1CCC(C(F)(F)F)CC1. The molecule has 1 saturated carbocycles. The Balaban J connectivity index is 2.44. The van der Waals surface area contributed by atoms with Gasteiger partial charge in [0, 0.05) is 5.25 Å². The van der Waals surface area contributed by atoms with Gasteiger partial charge in [-0.15, -0.1) is 9.45 Å². The zero-order valence-corrected chi connectivity index (χ0v) is 9.07. The summed E-state index contributed by atoms with van der Waals surface area (Å²) in [6, 6.07) is 0. The molecule has 78 valence electrons. The summed E-state index contributed by atoms with van der Waals surface area (Å²) in [7, 11) is -0.128. The van der Waals surface area contributed by atoms with Gasteiger partial charge in [0.05, 0.1) is 5.92 Å². The van der Waals surface area contributed by atoms with Crippen LogP contribution in [0.3, 0.4) is 0 Å². The Morgan fingerprint density at radius 1 is 1.15 bits per heavy atom. The maximum Gasteiger partial charge on any atom is 0.391 e. The van der Waals surface area contributed by atoms with Gasteiger partial charge in [-0.2, -0.15) is 13.2 Å². The summed E-state index contributed by atoms with van der Waals surface area (Å²) < 4.78 is 36.7. The molecule has 1 rings (SSSR count). The van der Waals surface area contributed by atoms with E-state index in [2.05, 4.69) is 0 Å². The highest BCUT2D eigenvalue weighted by atomic mass is 32.8. The van der Waals surface area contributed by atoms with E-state index < -0.39 is 12.1 Å². The summed E-state index contributed by atoms with van der Waals surface area (Å²) in [6.45, 7) is 0. The van der Waals surface area contributed by atoms with Crippen molar-refractivity contribution in [1.29, 1.82) is 0 Å². The van der Waals surface area contributed by atoms with Crippen LogP contribution in [0.2, 0.25) is 0 Å². The maximum absolute atomic E-state index is 12.2. The van der Waals surface area contributed by atoms with Crippen molar-refractivity contribution in [2.45, 2.75) is 37.1 Å². The Hall–Kier alpha value is 0.360. The van der Waals surface area contributed by atoms with Crippen LogP contribution in [0.5, 0.6) is 0 Å². The number of rotatable bonds is 1. The second-order valence-corrected chi connectivity index (χ2v) is 6.76. The number of hydrogen-bond acceptors (Lipinski definition) is 1. The van der Waals surface area contributed by atoms with E-state index in [-0.39, 0.29) is 22.3 Å². The fourth-order valence-electron chi connectivity index (χ4n) is 1.72. The molecule has 0 aromatic heterocycles. The zero-order valence-electron chi connectivity index (χ0n) is 7.43. The van der Waals surface area contributed by atoms with E-state index >= 15 is 0 Å². The Kier molecular flexibility index (Phi) is 3.74. The highest BCUT2D eigenvalue weighted by molar-refractivity contribution is 8.28. The van der Waals surface area contributed by atoms with Gasteiger partial charge in [0.1, 0.15) is 0 Å². The number of halogens is 3. The fourth-order valence-corrected chi connectivity index (χ4v) is 3.24. The van der Waals surface area contributed by atoms with E-state index in [9.17, 15) is 13.2 Å². The van der Waals surface area contributed by atoms with Gasteiger partial charge in [0.2, 0.25) is 0 Å². The van der Waals surface area contributed by atoms with E-state index in [0.29, 0.717) is 18.1 Å². The molecule has 1 aliphatic rings. The highest BCUT2D eigenvalue weighted by Gasteiger charge is 2.41. The Morgan fingerprint density at radius 3 is 1.92 bits per heavy atom. The quantitative estimate of drug-likeness (QED) is 0.667. The van der Waals surface area contributed by atoms with Gasteiger partial charge >= 0.3 is 6.18 Å². The van der Waals surface area contributed by atoms with Gasteiger partial charge in [-0.05, 0) is 31.9 Å². The summed E-state index contributed by atoms with van der Waals surface area (Å²) in [5.74, 6) is -1.07. The van der Waals surface area contributed by atoms with Gasteiger partial charge in [-0.1, -0.05) is 11.2 Å². The molecule has 0 amide bonds. The summed E-state index contributed by atoms with van der Waals surface area (Å²) in [5, 5.41) is 0.355. The molecule has 0 aromatic carbocycles. The van der Waals surface area contributed by atoms with Crippen LogP contribution >= 0.6 is 0 Å². The normalized spacial score (nSPS) is 32.9. The van der Waals surface area contributed by atoms with Crippen molar-refractivity contribution >= 4 is 20.6 Å². The molecule has 0 N–H and O–H groups in total. The van der Waals surface area contributed by atoms with Crippen molar-refractivity contribution in [1.82, 2.24) is 0 Å². The first-order valence-corrected chi connectivity index (χ1v) is 6.92. The van der Waals surface area contributed by atoms with Crippen LogP contribution in [0, 0.1) is 5.92 Å². The molecule has 1 aliphatic carbocycles. The molecule has 1 atom stereocenters. The van der Waals surface area contributed by atoms with Gasteiger partial charge in [0.25, 0.3) is 0 Å². The average molecular weight is 230 g/mol. The molecule has 0 saturated heterocycles.